The Morgan fingerprint density at radius 2 is 2.04 bits per heavy atom. The molecule has 1 N–H and O–H groups in total. The number of carboxylic acids is 1. The van der Waals surface area contributed by atoms with Gasteiger partial charge in [-0.1, -0.05) is 18.2 Å². The summed E-state index contributed by atoms with van der Waals surface area (Å²) in [7, 11) is 0. The molecule has 4 nitrogen and oxygen atoms in total. The van der Waals surface area contributed by atoms with E-state index in [-0.39, 0.29) is 5.56 Å². The largest absolute Gasteiger partial charge is 0.478 e. The van der Waals surface area contributed by atoms with Crippen molar-refractivity contribution in [3.05, 3.63) is 76.3 Å². The van der Waals surface area contributed by atoms with Gasteiger partial charge in [-0.05, 0) is 41.3 Å². The van der Waals surface area contributed by atoms with Gasteiger partial charge in [-0.3, -0.25) is 4.98 Å². The molecule has 0 aliphatic heterocycles. The summed E-state index contributed by atoms with van der Waals surface area (Å²) in [6.07, 6.45) is 0.593. The van der Waals surface area contributed by atoms with Crippen LogP contribution in [-0.4, -0.2) is 16.1 Å². The van der Waals surface area contributed by atoms with Gasteiger partial charge in [-0.25, -0.2) is 4.79 Å². The molecule has 2 aromatic heterocycles. The van der Waals surface area contributed by atoms with Crippen molar-refractivity contribution in [3.8, 4) is 6.07 Å². The van der Waals surface area contributed by atoms with E-state index in [9.17, 15) is 9.90 Å². The molecule has 0 aliphatic carbocycles. The Morgan fingerprint density at radius 1 is 1.16 bits per heavy atom. The van der Waals surface area contributed by atoms with Crippen LogP contribution in [0, 0.1) is 11.3 Å². The minimum absolute atomic E-state index is 0.230. The lowest BCUT2D eigenvalue weighted by Crippen LogP contribution is -1.98. The molecule has 0 saturated heterocycles. The minimum Gasteiger partial charge on any atom is -0.478 e. The van der Waals surface area contributed by atoms with Gasteiger partial charge in [0.15, 0.2) is 0 Å². The average Bonchev–Trinajstić information content (AvgIpc) is 3.12. The molecule has 0 aliphatic rings. The van der Waals surface area contributed by atoms with Gasteiger partial charge in [0.1, 0.15) is 0 Å². The van der Waals surface area contributed by atoms with E-state index >= 15 is 0 Å². The first-order valence-electron chi connectivity index (χ1n) is 7.68. The summed E-state index contributed by atoms with van der Waals surface area (Å²) in [5.74, 6) is -0.960. The van der Waals surface area contributed by atoms with Crippen LogP contribution in [0.15, 0.2) is 53.9 Å². The molecule has 2 heterocycles. The van der Waals surface area contributed by atoms with E-state index in [0.717, 1.165) is 26.7 Å². The van der Waals surface area contributed by atoms with Crippen LogP contribution in [0.25, 0.3) is 21.0 Å². The fraction of sp³-hybridized carbons (Fsp3) is 0.0500. The highest BCUT2D eigenvalue weighted by molar-refractivity contribution is 7.18. The predicted molar refractivity (Wildman–Crippen MR) is 98.0 cm³/mol. The Morgan fingerprint density at radius 3 is 2.84 bits per heavy atom. The van der Waals surface area contributed by atoms with Crippen LogP contribution in [0.2, 0.25) is 0 Å². The lowest BCUT2D eigenvalue weighted by atomic mass is 10.0. The molecular weight excluding hydrogens is 332 g/mol. The zero-order chi connectivity index (χ0) is 17.4. The van der Waals surface area contributed by atoms with Gasteiger partial charge in [0.25, 0.3) is 0 Å². The first kappa shape index (κ1) is 15.3. The van der Waals surface area contributed by atoms with E-state index in [1.165, 1.54) is 0 Å². The van der Waals surface area contributed by atoms with Crippen molar-refractivity contribution >= 4 is 38.3 Å². The highest BCUT2D eigenvalue weighted by Gasteiger charge is 2.12. The minimum atomic E-state index is -0.960. The second-order valence-corrected chi connectivity index (χ2v) is 6.66. The zero-order valence-corrected chi connectivity index (χ0v) is 13.9. The number of aromatic nitrogens is 1. The van der Waals surface area contributed by atoms with Gasteiger partial charge in [-0.15, -0.1) is 11.3 Å². The Labute approximate surface area is 147 Å². The molecule has 0 bridgehead atoms. The predicted octanol–water partition coefficient (Wildman–Crippen LogP) is 4.61. The maximum absolute atomic E-state index is 11.2. The summed E-state index contributed by atoms with van der Waals surface area (Å²) < 4.78 is 1.10. The molecule has 4 aromatic rings. The van der Waals surface area contributed by atoms with Crippen molar-refractivity contribution in [1.29, 1.82) is 5.26 Å². The number of hydrogen-bond donors (Lipinski definition) is 1. The summed E-state index contributed by atoms with van der Waals surface area (Å²) >= 11 is 1.62. The fourth-order valence-electron chi connectivity index (χ4n) is 2.98. The number of carbonyl (C=O) groups is 1. The van der Waals surface area contributed by atoms with Crippen LogP contribution in [0.1, 0.15) is 27.2 Å². The molecule has 2 aromatic carbocycles. The van der Waals surface area contributed by atoms with Gasteiger partial charge < -0.3 is 5.11 Å². The number of nitriles is 1. The number of aromatic carboxylic acids is 1. The van der Waals surface area contributed by atoms with Crippen LogP contribution >= 0.6 is 11.3 Å². The Hall–Kier alpha value is -3.23. The van der Waals surface area contributed by atoms with Crippen molar-refractivity contribution in [2.24, 2.45) is 0 Å². The van der Waals surface area contributed by atoms with Crippen LogP contribution < -0.4 is 0 Å². The quantitative estimate of drug-likeness (QED) is 0.589. The molecule has 0 radical (unpaired) electrons. The third-order valence-corrected chi connectivity index (χ3v) is 5.10. The fourth-order valence-corrected chi connectivity index (χ4v) is 3.93. The second-order valence-electron chi connectivity index (χ2n) is 5.75. The smallest absolute Gasteiger partial charge is 0.335 e. The van der Waals surface area contributed by atoms with E-state index in [2.05, 4.69) is 6.07 Å². The molecule has 0 fully saturated rings. The van der Waals surface area contributed by atoms with Crippen molar-refractivity contribution in [1.82, 2.24) is 4.98 Å². The molecule has 4 rings (SSSR count). The number of thiophene rings is 1. The second kappa shape index (κ2) is 6.00. The number of nitrogens with zero attached hydrogens (tertiary/aromatic N) is 2. The van der Waals surface area contributed by atoms with Gasteiger partial charge in [0, 0.05) is 21.9 Å². The molecule has 0 atom stereocenters. The van der Waals surface area contributed by atoms with Crippen LogP contribution in [0.5, 0.6) is 0 Å². The van der Waals surface area contributed by atoms with Crippen LogP contribution in [-0.2, 0) is 6.42 Å². The van der Waals surface area contributed by atoms with E-state index in [0.29, 0.717) is 17.5 Å². The first-order valence-corrected chi connectivity index (χ1v) is 8.56. The summed E-state index contributed by atoms with van der Waals surface area (Å²) in [6.45, 7) is 0. The first-order chi connectivity index (χ1) is 12.2. The number of rotatable bonds is 3. The Bertz CT molecular complexity index is 1170. The van der Waals surface area contributed by atoms with Crippen LogP contribution in [0.4, 0.5) is 0 Å². The maximum Gasteiger partial charge on any atom is 0.335 e. The monoisotopic (exact) mass is 344 g/mol. The topological polar surface area (TPSA) is 74.0 Å². The van der Waals surface area contributed by atoms with Crippen molar-refractivity contribution < 1.29 is 9.90 Å². The summed E-state index contributed by atoms with van der Waals surface area (Å²) in [6, 6.07) is 16.7. The van der Waals surface area contributed by atoms with Gasteiger partial charge in [0.05, 0.1) is 28.4 Å². The highest BCUT2D eigenvalue weighted by Crippen LogP contribution is 2.32. The molecule has 0 spiro atoms. The third-order valence-electron chi connectivity index (χ3n) is 4.15. The number of benzene rings is 2. The Balaban J connectivity index is 1.90. The standard InChI is InChI=1S/C20H12N2O2S/c21-11-13-3-1-2-12(8-13)9-17-16-6-7-25-19(16)15-5-4-14(20(23)24)10-18(15)22-17/h1-8,10H,9H2,(H,23,24). The van der Waals surface area contributed by atoms with Crippen molar-refractivity contribution in [2.75, 3.05) is 0 Å². The molecule has 0 unspecified atom stereocenters. The summed E-state index contributed by atoms with van der Waals surface area (Å²) in [5.41, 5.74) is 3.43. The number of fused-ring (bicyclic) bond motifs is 3. The lowest BCUT2D eigenvalue weighted by molar-refractivity contribution is 0.0697. The van der Waals surface area contributed by atoms with E-state index in [1.54, 1.807) is 29.5 Å². The van der Waals surface area contributed by atoms with Crippen molar-refractivity contribution in [3.63, 3.8) is 0 Å². The van der Waals surface area contributed by atoms with Crippen molar-refractivity contribution in [2.45, 2.75) is 6.42 Å². The average molecular weight is 344 g/mol. The molecule has 0 amide bonds. The molecule has 25 heavy (non-hydrogen) atoms. The number of pyridine rings is 1. The van der Waals surface area contributed by atoms with Gasteiger partial charge in [-0.2, -0.15) is 5.26 Å². The maximum atomic E-state index is 11.2. The zero-order valence-electron chi connectivity index (χ0n) is 13.1. The Kier molecular flexibility index (Phi) is 3.68. The molecule has 0 saturated carbocycles. The van der Waals surface area contributed by atoms with Gasteiger partial charge >= 0.3 is 5.97 Å². The highest BCUT2D eigenvalue weighted by atomic mass is 32.1. The third kappa shape index (κ3) is 2.73. The van der Waals surface area contributed by atoms with E-state index < -0.39 is 5.97 Å². The molecular formula is C20H12N2O2S. The molecule has 120 valence electrons. The van der Waals surface area contributed by atoms with Gasteiger partial charge in [0.2, 0.25) is 0 Å². The normalized spacial score (nSPS) is 10.8. The van der Waals surface area contributed by atoms with Crippen LogP contribution in [0.3, 0.4) is 0 Å². The molecule has 5 heteroatoms. The SMILES string of the molecule is N#Cc1cccc(Cc2nc3cc(C(=O)O)ccc3c3sccc23)c1. The lowest BCUT2D eigenvalue weighted by Gasteiger charge is -2.08. The van der Waals surface area contributed by atoms with E-state index in [1.807, 2.05) is 35.7 Å². The summed E-state index contributed by atoms with van der Waals surface area (Å²) in [5, 5.41) is 22.3. The summed E-state index contributed by atoms with van der Waals surface area (Å²) in [4.78, 5) is 16.0. The number of carboxylic acid groups (broad SMARTS) is 1. The number of hydrogen-bond acceptors (Lipinski definition) is 4. The van der Waals surface area contributed by atoms with E-state index in [4.69, 9.17) is 10.2 Å².